The van der Waals surface area contributed by atoms with Gasteiger partial charge in [0, 0.05) is 5.56 Å². The molecule has 0 unspecified atom stereocenters. The second-order valence-corrected chi connectivity index (χ2v) is 6.35. The number of H-pyrrole nitrogens is 1. The van der Waals surface area contributed by atoms with Crippen LogP contribution in [0.2, 0.25) is 0 Å². The summed E-state index contributed by atoms with van der Waals surface area (Å²) in [4.78, 5) is 8.08. The third-order valence-electron chi connectivity index (χ3n) is 4.40. The van der Waals surface area contributed by atoms with E-state index in [2.05, 4.69) is 48.1 Å². The molecule has 0 radical (unpaired) electrons. The molecule has 0 fully saturated rings. The summed E-state index contributed by atoms with van der Waals surface area (Å²) in [7, 11) is 0. The SMILES string of the molecule is Cc1ccc2nc(-c3cccc(OCc4ccccc4C)c3)[nH]c2c1. The Morgan fingerprint density at radius 1 is 0.920 bits per heavy atom. The minimum Gasteiger partial charge on any atom is -0.489 e. The number of aromatic nitrogens is 2. The molecule has 1 N–H and O–H groups in total. The molecule has 0 aliphatic heterocycles. The molecule has 0 bridgehead atoms. The van der Waals surface area contributed by atoms with Gasteiger partial charge in [0.25, 0.3) is 0 Å². The number of aromatic amines is 1. The molecule has 1 heterocycles. The van der Waals surface area contributed by atoms with Crippen LogP contribution in [0.3, 0.4) is 0 Å². The lowest BCUT2D eigenvalue weighted by molar-refractivity contribution is 0.305. The molecule has 0 aliphatic carbocycles. The maximum Gasteiger partial charge on any atom is 0.138 e. The van der Waals surface area contributed by atoms with E-state index in [1.54, 1.807) is 0 Å². The lowest BCUT2D eigenvalue weighted by atomic mass is 10.1. The van der Waals surface area contributed by atoms with Crippen molar-refractivity contribution in [3.63, 3.8) is 0 Å². The fraction of sp³-hybridized carbons (Fsp3) is 0.136. The van der Waals surface area contributed by atoms with Gasteiger partial charge in [0.1, 0.15) is 18.2 Å². The Labute approximate surface area is 147 Å². The first-order valence-electron chi connectivity index (χ1n) is 8.43. The first-order valence-corrected chi connectivity index (χ1v) is 8.43. The normalized spacial score (nSPS) is 11.0. The van der Waals surface area contributed by atoms with E-state index in [-0.39, 0.29) is 0 Å². The Bertz CT molecular complexity index is 1030. The fourth-order valence-electron chi connectivity index (χ4n) is 2.93. The molecule has 0 saturated carbocycles. The van der Waals surface area contributed by atoms with E-state index in [4.69, 9.17) is 4.74 Å². The van der Waals surface area contributed by atoms with Crippen LogP contribution < -0.4 is 4.74 Å². The Morgan fingerprint density at radius 3 is 2.68 bits per heavy atom. The summed E-state index contributed by atoms with van der Waals surface area (Å²) in [5.74, 6) is 1.71. The molecule has 4 rings (SSSR count). The van der Waals surface area contributed by atoms with Gasteiger partial charge in [0.05, 0.1) is 11.0 Å². The van der Waals surface area contributed by atoms with Crippen LogP contribution in [-0.4, -0.2) is 9.97 Å². The van der Waals surface area contributed by atoms with Crippen LogP contribution in [0.15, 0.2) is 66.7 Å². The number of hydrogen-bond acceptors (Lipinski definition) is 2. The summed E-state index contributed by atoms with van der Waals surface area (Å²) in [5, 5.41) is 0. The molecule has 4 aromatic rings. The largest absolute Gasteiger partial charge is 0.489 e. The first kappa shape index (κ1) is 15.5. The lowest BCUT2D eigenvalue weighted by Crippen LogP contribution is -1.97. The summed E-state index contributed by atoms with van der Waals surface area (Å²) < 4.78 is 5.99. The predicted octanol–water partition coefficient (Wildman–Crippen LogP) is 5.43. The monoisotopic (exact) mass is 328 g/mol. The Hall–Kier alpha value is -3.07. The van der Waals surface area contributed by atoms with E-state index in [1.807, 2.05) is 42.5 Å². The van der Waals surface area contributed by atoms with Gasteiger partial charge >= 0.3 is 0 Å². The summed E-state index contributed by atoms with van der Waals surface area (Å²) in [6, 6.07) is 22.6. The van der Waals surface area contributed by atoms with Crippen molar-refractivity contribution < 1.29 is 4.74 Å². The number of aryl methyl sites for hydroxylation is 2. The summed E-state index contributed by atoms with van der Waals surface area (Å²) >= 11 is 0. The highest BCUT2D eigenvalue weighted by Gasteiger charge is 2.07. The minimum atomic E-state index is 0.565. The van der Waals surface area contributed by atoms with E-state index in [0.29, 0.717) is 6.61 Å². The van der Waals surface area contributed by atoms with Crippen LogP contribution in [0.1, 0.15) is 16.7 Å². The molecule has 0 spiro atoms. The molecule has 3 heteroatoms. The topological polar surface area (TPSA) is 37.9 Å². The average Bonchev–Trinajstić information content (AvgIpc) is 3.04. The zero-order chi connectivity index (χ0) is 17.2. The molecule has 0 aliphatic rings. The van der Waals surface area contributed by atoms with E-state index in [0.717, 1.165) is 28.2 Å². The van der Waals surface area contributed by atoms with Gasteiger partial charge in [-0.2, -0.15) is 0 Å². The van der Waals surface area contributed by atoms with Crippen LogP contribution in [0.25, 0.3) is 22.4 Å². The summed E-state index contributed by atoms with van der Waals surface area (Å²) in [6.45, 7) is 4.75. The van der Waals surface area contributed by atoms with Crippen LogP contribution in [-0.2, 0) is 6.61 Å². The van der Waals surface area contributed by atoms with Crippen LogP contribution in [0.4, 0.5) is 0 Å². The molecule has 3 aromatic carbocycles. The zero-order valence-corrected chi connectivity index (χ0v) is 14.4. The molecule has 124 valence electrons. The maximum absolute atomic E-state index is 5.99. The molecular formula is C22H20N2O. The highest BCUT2D eigenvalue weighted by molar-refractivity contribution is 5.80. The van der Waals surface area contributed by atoms with Crippen molar-refractivity contribution in [3.8, 4) is 17.1 Å². The number of hydrogen-bond donors (Lipinski definition) is 1. The van der Waals surface area contributed by atoms with Gasteiger partial charge in [-0.25, -0.2) is 4.98 Å². The second-order valence-electron chi connectivity index (χ2n) is 6.35. The van der Waals surface area contributed by atoms with Crippen molar-refractivity contribution in [1.82, 2.24) is 9.97 Å². The molecule has 25 heavy (non-hydrogen) atoms. The third-order valence-corrected chi connectivity index (χ3v) is 4.40. The average molecular weight is 328 g/mol. The van der Waals surface area contributed by atoms with Crippen molar-refractivity contribution in [2.75, 3.05) is 0 Å². The van der Waals surface area contributed by atoms with E-state index < -0.39 is 0 Å². The quantitative estimate of drug-likeness (QED) is 0.543. The first-order chi connectivity index (χ1) is 12.2. The number of fused-ring (bicyclic) bond motifs is 1. The molecule has 0 atom stereocenters. The highest BCUT2D eigenvalue weighted by atomic mass is 16.5. The van der Waals surface area contributed by atoms with Crippen molar-refractivity contribution in [2.45, 2.75) is 20.5 Å². The van der Waals surface area contributed by atoms with E-state index in [9.17, 15) is 0 Å². The van der Waals surface area contributed by atoms with Gasteiger partial charge in [-0.15, -0.1) is 0 Å². The lowest BCUT2D eigenvalue weighted by Gasteiger charge is -2.09. The minimum absolute atomic E-state index is 0.565. The van der Waals surface area contributed by atoms with Gasteiger partial charge in [0.2, 0.25) is 0 Å². The van der Waals surface area contributed by atoms with Crippen molar-refractivity contribution in [3.05, 3.63) is 83.4 Å². The second kappa shape index (κ2) is 6.44. The van der Waals surface area contributed by atoms with Gasteiger partial charge < -0.3 is 9.72 Å². The Balaban J connectivity index is 1.59. The number of imidazole rings is 1. The summed E-state index contributed by atoms with van der Waals surface area (Å²) in [5.41, 5.74) is 6.72. The molecule has 0 saturated heterocycles. The Kier molecular flexibility index (Phi) is 3.98. The third kappa shape index (κ3) is 3.26. The van der Waals surface area contributed by atoms with Crippen LogP contribution in [0, 0.1) is 13.8 Å². The molecule has 3 nitrogen and oxygen atoms in total. The number of ether oxygens (including phenoxy) is 1. The van der Waals surface area contributed by atoms with Gasteiger partial charge in [0.15, 0.2) is 0 Å². The highest BCUT2D eigenvalue weighted by Crippen LogP contribution is 2.25. The van der Waals surface area contributed by atoms with Crippen LogP contribution in [0.5, 0.6) is 5.75 Å². The van der Waals surface area contributed by atoms with Gasteiger partial charge in [-0.1, -0.05) is 42.5 Å². The number of nitrogens with zero attached hydrogens (tertiary/aromatic N) is 1. The number of benzene rings is 3. The van der Waals surface area contributed by atoms with Crippen molar-refractivity contribution in [2.24, 2.45) is 0 Å². The zero-order valence-electron chi connectivity index (χ0n) is 14.4. The molecular weight excluding hydrogens is 308 g/mol. The van der Waals surface area contributed by atoms with E-state index >= 15 is 0 Å². The van der Waals surface area contributed by atoms with Crippen molar-refractivity contribution in [1.29, 1.82) is 0 Å². The van der Waals surface area contributed by atoms with E-state index in [1.165, 1.54) is 16.7 Å². The number of nitrogens with one attached hydrogen (secondary N) is 1. The predicted molar refractivity (Wildman–Crippen MR) is 102 cm³/mol. The Morgan fingerprint density at radius 2 is 1.80 bits per heavy atom. The molecule has 0 amide bonds. The number of rotatable bonds is 4. The summed E-state index contributed by atoms with van der Waals surface area (Å²) in [6.07, 6.45) is 0. The van der Waals surface area contributed by atoms with Crippen molar-refractivity contribution >= 4 is 11.0 Å². The van der Waals surface area contributed by atoms with Crippen LogP contribution >= 0.6 is 0 Å². The standard InChI is InChI=1S/C22H20N2O/c1-15-10-11-20-21(12-15)24-22(23-20)17-8-5-9-19(13-17)25-14-18-7-4-3-6-16(18)2/h3-13H,14H2,1-2H3,(H,23,24). The maximum atomic E-state index is 5.99. The molecule has 1 aromatic heterocycles. The van der Waals surface area contributed by atoms with Gasteiger partial charge in [-0.05, 0) is 54.8 Å². The fourth-order valence-corrected chi connectivity index (χ4v) is 2.93. The smallest absolute Gasteiger partial charge is 0.138 e. The van der Waals surface area contributed by atoms with Gasteiger partial charge in [-0.3, -0.25) is 0 Å².